The second-order valence-corrected chi connectivity index (χ2v) is 8.38. The van der Waals surface area contributed by atoms with Crippen LogP contribution in [0.1, 0.15) is 45.1 Å². The first-order valence-corrected chi connectivity index (χ1v) is 11.3. The SMILES string of the molecule is CC[C@@H](CNc1nc(Nc2cccc(C#N)c2)ncc1N(C)C)[C@H]1CCCCN1CC. The molecule has 0 radical (unpaired) electrons. The van der Waals surface area contributed by atoms with Gasteiger partial charge in [-0.3, -0.25) is 0 Å². The third-order valence-corrected chi connectivity index (χ3v) is 6.17. The van der Waals surface area contributed by atoms with Crippen molar-refractivity contribution in [3.8, 4) is 6.07 Å². The number of likely N-dealkylation sites (tertiary alicyclic amines) is 1. The minimum atomic E-state index is 0.518. The molecular weight excluding hydrogens is 386 g/mol. The summed E-state index contributed by atoms with van der Waals surface area (Å²) >= 11 is 0. The molecular formula is C24H35N7. The molecule has 3 rings (SSSR count). The lowest BCUT2D eigenvalue weighted by Gasteiger charge is -2.40. The van der Waals surface area contributed by atoms with E-state index in [9.17, 15) is 0 Å². The molecule has 1 fully saturated rings. The van der Waals surface area contributed by atoms with Crippen LogP contribution < -0.4 is 15.5 Å². The highest BCUT2D eigenvalue weighted by Crippen LogP contribution is 2.28. The molecule has 7 nitrogen and oxygen atoms in total. The quantitative estimate of drug-likeness (QED) is 0.618. The van der Waals surface area contributed by atoms with Gasteiger partial charge in [0.2, 0.25) is 5.95 Å². The van der Waals surface area contributed by atoms with Crippen LogP contribution in [0.2, 0.25) is 0 Å². The molecule has 2 N–H and O–H groups in total. The first-order chi connectivity index (χ1) is 15.0. The predicted octanol–water partition coefficient (Wildman–Crippen LogP) is 4.47. The van der Waals surface area contributed by atoms with Crippen molar-refractivity contribution in [1.29, 1.82) is 5.26 Å². The van der Waals surface area contributed by atoms with Gasteiger partial charge < -0.3 is 20.4 Å². The average Bonchev–Trinajstić information content (AvgIpc) is 2.80. The molecule has 0 saturated carbocycles. The number of benzene rings is 1. The predicted molar refractivity (Wildman–Crippen MR) is 128 cm³/mol. The highest BCUT2D eigenvalue weighted by atomic mass is 15.2. The van der Waals surface area contributed by atoms with E-state index in [4.69, 9.17) is 10.2 Å². The van der Waals surface area contributed by atoms with Gasteiger partial charge in [-0.1, -0.05) is 32.8 Å². The van der Waals surface area contributed by atoms with Gasteiger partial charge in [-0.25, -0.2) is 4.98 Å². The molecule has 0 unspecified atom stereocenters. The Morgan fingerprint density at radius 3 is 2.84 bits per heavy atom. The van der Waals surface area contributed by atoms with Crippen molar-refractivity contribution in [2.24, 2.45) is 5.92 Å². The van der Waals surface area contributed by atoms with Gasteiger partial charge in [-0.2, -0.15) is 10.2 Å². The van der Waals surface area contributed by atoms with E-state index in [1.165, 1.54) is 25.8 Å². The maximum Gasteiger partial charge on any atom is 0.229 e. The van der Waals surface area contributed by atoms with Gasteiger partial charge in [-0.05, 0) is 50.0 Å². The zero-order valence-corrected chi connectivity index (χ0v) is 19.2. The maximum atomic E-state index is 9.13. The Morgan fingerprint density at radius 1 is 1.29 bits per heavy atom. The van der Waals surface area contributed by atoms with Gasteiger partial charge in [0.05, 0.1) is 23.5 Å². The molecule has 2 aromatic rings. The highest BCUT2D eigenvalue weighted by molar-refractivity contribution is 5.67. The zero-order valence-electron chi connectivity index (χ0n) is 19.2. The molecule has 0 bridgehead atoms. The molecule has 166 valence electrons. The van der Waals surface area contributed by atoms with Gasteiger partial charge in [0.1, 0.15) is 0 Å². The lowest BCUT2D eigenvalue weighted by molar-refractivity contribution is 0.108. The number of hydrogen-bond acceptors (Lipinski definition) is 7. The van der Waals surface area contributed by atoms with Crippen LogP contribution in [0.5, 0.6) is 0 Å². The lowest BCUT2D eigenvalue weighted by Crippen LogP contribution is -2.45. The first kappa shape index (κ1) is 22.8. The van der Waals surface area contributed by atoms with E-state index in [0.717, 1.165) is 36.7 Å². The van der Waals surface area contributed by atoms with Crippen molar-refractivity contribution in [2.75, 3.05) is 49.3 Å². The Balaban J connectivity index is 1.76. The van der Waals surface area contributed by atoms with Crippen LogP contribution in [-0.4, -0.2) is 54.6 Å². The fraction of sp³-hybridized carbons (Fsp3) is 0.542. The number of piperidine rings is 1. The van der Waals surface area contributed by atoms with E-state index in [1.807, 2.05) is 37.3 Å². The summed E-state index contributed by atoms with van der Waals surface area (Å²) in [5, 5.41) is 16.0. The summed E-state index contributed by atoms with van der Waals surface area (Å²) in [6, 6.07) is 10.1. The summed E-state index contributed by atoms with van der Waals surface area (Å²) in [4.78, 5) is 13.9. The van der Waals surface area contributed by atoms with E-state index in [0.29, 0.717) is 23.5 Å². The number of nitrogens with zero attached hydrogens (tertiary/aromatic N) is 5. The summed E-state index contributed by atoms with van der Waals surface area (Å²) in [6.07, 6.45) is 6.89. The Bertz CT molecular complexity index is 890. The summed E-state index contributed by atoms with van der Waals surface area (Å²) in [5.74, 6) is 1.93. The average molecular weight is 422 g/mol. The number of hydrogen-bond donors (Lipinski definition) is 2. The number of aromatic nitrogens is 2. The van der Waals surface area contributed by atoms with Gasteiger partial charge in [-0.15, -0.1) is 0 Å². The van der Waals surface area contributed by atoms with Gasteiger partial charge in [0.25, 0.3) is 0 Å². The molecule has 1 aromatic carbocycles. The van der Waals surface area contributed by atoms with Crippen LogP contribution in [0.15, 0.2) is 30.5 Å². The topological polar surface area (TPSA) is 80.1 Å². The van der Waals surface area contributed by atoms with Gasteiger partial charge >= 0.3 is 0 Å². The normalized spacial score (nSPS) is 17.6. The Labute approximate surface area is 186 Å². The lowest BCUT2D eigenvalue weighted by atomic mass is 9.88. The van der Waals surface area contributed by atoms with Crippen molar-refractivity contribution in [3.63, 3.8) is 0 Å². The largest absolute Gasteiger partial charge is 0.373 e. The van der Waals surface area contributed by atoms with Crippen LogP contribution in [0, 0.1) is 17.2 Å². The smallest absolute Gasteiger partial charge is 0.229 e. The van der Waals surface area contributed by atoms with Crippen LogP contribution >= 0.6 is 0 Å². The molecule has 1 aliphatic rings. The monoisotopic (exact) mass is 421 g/mol. The minimum Gasteiger partial charge on any atom is -0.373 e. The first-order valence-electron chi connectivity index (χ1n) is 11.3. The third-order valence-electron chi connectivity index (χ3n) is 6.17. The number of rotatable bonds is 9. The number of nitrogens with one attached hydrogen (secondary N) is 2. The van der Waals surface area contributed by atoms with E-state index in [-0.39, 0.29) is 0 Å². The fourth-order valence-corrected chi connectivity index (χ4v) is 4.41. The number of anilines is 4. The second-order valence-electron chi connectivity index (χ2n) is 8.38. The van der Waals surface area contributed by atoms with E-state index < -0.39 is 0 Å². The van der Waals surface area contributed by atoms with Crippen molar-refractivity contribution in [3.05, 3.63) is 36.0 Å². The zero-order chi connectivity index (χ0) is 22.2. The molecule has 2 heterocycles. The van der Waals surface area contributed by atoms with Gasteiger partial charge in [0.15, 0.2) is 5.82 Å². The van der Waals surface area contributed by atoms with Crippen molar-refractivity contribution in [2.45, 2.75) is 45.6 Å². The van der Waals surface area contributed by atoms with Crippen LogP contribution in [-0.2, 0) is 0 Å². The summed E-state index contributed by atoms with van der Waals surface area (Å²) < 4.78 is 0. The molecule has 1 aromatic heterocycles. The minimum absolute atomic E-state index is 0.518. The fourth-order valence-electron chi connectivity index (χ4n) is 4.41. The van der Waals surface area contributed by atoms with Gasteiger partial charge in [0, 0.05) is 32.4 Å². The van der Waals surface area contributed by atoms with E-state index >= 15 is 0 Å². The van der Waals surface area contributed by atoms with E-state index in [2.05, 4.69) is 40.4 Å². The summed E-state index contributed by atoms with van der Waals surface area (Å²) in [5.41, 5.74) is 2.36. The molecule has 0 aliphatic carbocycles. The molecule has 31 heavy (non-hydrogen) atoms. The number of nitriles is 1. The van der Waals surface area contributed by atoms with Crippen LogP contribution in [0.3, 0.4) is 0 Å². The standard InChI is InChI=1S/C24H35N7/c1-5-19(21-12-7-8-13-31(21)6-2)16-26-23-22(30(3)4)17-27-24(29-23)28-20-11-9-10-18(14-20)15-25/h9-11,14,17,19,21H,5-8,12-13,16H2,1-4H3,(H2,26,27,28,29)/t19-,21+/m0/s1. The van der Waals surface area contributed by atoms with Crippen LogP contribution in [0.4, 0.5) is 23.1 Å². The molecule has 1 aliphatic heterocycles. The molecule has 2 atom stereocenters. The van der Waals surface area contributed by atoms with Crippen LogP contribution in [0.25, 0.3) is 0 Å². The third kappa shape index (κ3) is 5.86. The van der Waals surface area contributed by atoms with Crippen molar-refractivity contribution in [1.82, 2.24) is 14.9 Å². The highest BCUT2D eigenvalue weighted by Gasteiger charge is 2.28. The Kier molecular flexibility index (Phi) is 8.07. The van der Waals surface area contributed by atoms with E-state index in [1.54, 1.807) is 12.1 Å². The van der Waals surface area contributed by atoms with Crippen molar-refractivity contribution >= 4 is 23.1 Å². The molecule has 0 spiro atoms. The molecule has 1 saturated heterocycles. The van der Waals surface area contributed by atoms with Crippen molar-refractivity contribution < 1.29 is 0 Å². The Morgan fingerprint density at radius 2 is 2.13 bits per heavy atom. The Hall–Kier alpha value is -2.85. The second kappa shape index (κ2) is 11.0. The molecule has 7 heteroatoms. The molecule has 0 amide bonds. The maximum absolute atomic E-state index is 9.13. The summed E-state index contributed by atoms with van der Waals surface area (Å²) in [6.45, 7) is 7.78. The summed E-state index contributed by atoms with van der Waals surface area (Å²) in [7, 11) is 4.01.